The zero-order valence-corrected chi connectivity index (χ0v) is 18.5. The van der Waals surface area contributed by atoms with Crippen LogP contribution in [0.3, 0.4) is 0 Å². The predicted octanol–water partition coefficient (Wildman–Crippen LogP) is 3.95. The van der Waals surface area contributed by atoms with Gasteiger partial charge in [-0.15, -0.1) is 10.2 Å². The Morgan fingerprint density at radius 2 is 1.88 bits per heavy atom. The first-order valence-corrected chi connectivity index (χ1v) is 11.0. The van der Waals surface area contributed by atoms with Gasteiger partial charge in [0.05, 0.1) is 18.9 Å². The maximum atomic E-state index is 12.6. The molecule has 166 valence electrons. The van der Waals surface area contributed by atoms with Crippen LogP contribution in [0.1, 0.15) is 19.4 Å². The van der Waals surface area contributed by atoms with Gasteiger partial charge in [-0.25, -0.2) is 0 Å². The second kappa shape index (κ2) is 10.2. The van der Waals surface area contributed by atoms with Crippen LogP contribution in [-0.2, 0) is 16.0 Å². The van der Waals surface area contributed by atoms with Crippen LogP contribution in [0.2, 0.25) is 0 Å². The van der Waals surface area contributed by atoms with Gasteiger partial charge in [-0.05, 0) is 55.3 Å². The Balaban J connectivity index is 1.39. The smallest absolute Gasteiger partial charge is 0.265 e. The Morgan fingerprint density at radius 3 is 2.56 bits per heavy atom. The summed E-state index contributed by atoms with van der Waals surface area (Å²) in [6.45, 7) is 6.89. The molecule has 0 radical (unpaired) electrons. The molecule has 1 aliphatic heterocycles. The minimum atomic E-state index is -0.626. The summed E-state index contributed by atoms with van der Waals surface area (Å²) in [5.41, 5.74) is 3.54. The zero-order valence-electron chi connectivity index (χ0n) is 18.5. The van der Waals surface area contributed by atoms with Gasteiger partial charge in [-0.3, -0.25) is 4.79 Å². The topological polar surface area (TPSA) is 76.6 Å². The van der Waals surface area contributed by atoms with E-state index in [1.807, 2.05) is 60.7 Å². The van der Waals surface area contributed by atoms with Gasteiger partial charge in [0, 0.05) is 24.3 Å². The van der Waals surface area contributed by atoms with Crippen molar-refractivity contribution in [3.8, 4) is 17.0 Å². The number of amides is 1. The number of benzene rings is 2. The molecule has 1 unspecified atom stereocenters. The molecule has 0 spiro atoms. The summed E-state index contributed by atoms with van der Waals surface area (Å²) in [6, 6.07) is 19.3. The van der Waals surface area contributed by atoms with Crippen molar-refractivity contribution < 1.29 is 14.3 Å². The van der Waals surface area contributed by atoms with E-state index in [9.17, 15) is 4.79 Å². The minimum Gasteiger partial charge on any atom is -0.481 e. The average Bonchev–Trinajstić information content (AvgIpc) is 2.85. The van der Waals surface area contributed by atoms with Gasteiger partial charge in [-0.1, -0.05) is 31.2 Å². The molecule has 1 amide bonds. The van der Waals surface area contributed by atoms with E-state index in [1.54, 1.807) is 6.92 Å². The summed E-state index contributed by atoms with van der Waals surface area (Å²) in [6.07, 6.45) is 0.339. The molecular weight excluding hydrogens is 404 g/mol. The number of ether oxygens (including phenoxy) is 2. The molecular formula is C25H28N4O3. The summed E-state index contributed by atoms with van der Waals surface area (Å²) in [7, 11) is 0. The largest absolute Gasteiger partial charge is 0.481 e. The third-order valence-electron chi connectivity index (χ3n) is 5.43. The molecule has 1 saturated heterocycles. The molecule has 1 aliphatic rings. The zero-order chi connectivity index (χ0) is 22.3. The molecule has 7 nitrogen and oxygen atoms in total. The van der Waals surface area contributed by atoms with Gasteiger partial charge in [-0.2, -0.15) is 0 Å². The lowest BCUT2D eigenvalue weighted by Gasteiger charge is -2.27. The molecule has 0 bridgehead atoms. The van der Waals surface area contributed by atoms with Crippen molar-refractivity contribution in [3.05, 3.63) is 66.2 Å². The van der Waals surface area contributed by atoms with Crippen LogP contribution in [0, 0.1) is 0 Å². The van der Waals surface area contributed by atoms with E-state index < -0.39 is 6.10 Å². The molecule has 1 atom stereocenters. The molecule has 0 aliphatic carbocycles. The SMILES string of the molecule is CCc1ccc(OC(C)C(=O)Nc2cccc(-c3ccc(N4CCOCC4)nn3)c2)cc1. The van der Waals surface area contributed by atoms with E-state index in [4.69, 9.17) is 9.47 Å². The fourth-order valence-electron chi connectivity index (χ4n) is 3.50. The summed E-state index contributed by atoms with van der Waals surface area (Å²) in [4.78, 5) is 14.8. The van der Waals surface area contributed by atoms with Gasteiger partial charge in [0.1, 0.15) is 5.75 Å². The van der Waals surface area contributed by atoms with Gasteiger partial charge < -0.3 is 19.7 Å². The van der Waals surface area contributed by atoms with Crippen molar-refractivity contribution >= 4 is 17.4 Å². The van der Waals surface area contributed by atoms with E-state index in [1.165, 1.54) is 5.56 Å². The van der Waals surface area contributed by atoms with Crippen LogP contribution in [-0.4, -0.2) is 48.5 Å². The quantitative estimate of drug-likeness (QED) is 0.609. The lowest BCUT2D eigenvalue weighted by molar-refractivity contribution is -0.122. The lowest BCUT2D eigenvalue weighted by Crippen LogP contribution is -2.36. The highest BCUT2D eigenvalue weighted by Gasteiger charge is 2.16. The van der Waals surface area contributed by atoms with Crippen molar-refractivity contribution in [2.75, 3.05) is 36.5 Å². The highest BCUT2D eigenvalue weighted by molar-refractivity contribution is 5.94. The number of anilines is 2. The molecule has 1 aromatic heterocycles. The van der Waals surface area contributed by atoms with Crippen molar-refractivity contribution in [1.82, 2.24) is 10.2 Å². The van der Waals surface area contributed by atoms with E-state index in [0.717, 1.165) is 36.6 Å². The first kappa shape index (κ1) is 21.8. The van der Waals surface area contributed by atoms with Crippen LogP contribution in [0.15, 0.2) is 60.7 Å². The van der Waals surface area contributed by atoms with Crippen molar-refractivity contribution in [1.29, 1.82) is 0 Å². The maximum absolute atomic E-state index is 12.6. The molecule has 2 aromatic carbocycles. The third kappa shape index (κ3) is 5.42. The highest BCUT2D eigenvalue weighted by Crippen LogP contribution is 2.23. The molecule has 2 heterocycles. The van der Waals surface area contributed by atoms with Crippen molar-refractivity contribution in [2.45, 2.75) is 26.4 Å². The van der Waals surface area contributed by atoms with Crippen molar-refractivity contribution in [2.24, 2.45) is 0 Å². The number of aryl methyl sites for hydroxylation is 1. The number of nitrogens with one attached hydrogen (secondary N) is 1. The number of nitrogens with zero attached hydrogens (tertiary/aromatic N) is 3. The van der Waals surface area contributed by atoms with Gasteiger partial charge in [0.15, 0.2) is 11.9 Å². The van der Waals surface area contributed by atoms with Gasteiger partial charge in [0.25, 0.3) is 5.91 Å². The number of carbonyl (C=O) groups excluding carboxylic acids is 1. The summed E-state index contributed by atoms with van der Waals surface area (Å²) < 4.78 is 11.2. The second-order valence-corrected chi connectivity index (χ2v) is 7.70. The Hall–Kier alpha value is -3.45. The molecule has 0 saturated carbocycles. The van der Waals surface area contributed by atoms with Gasteiger partial charge >= 0.3 is 0 Å². The summed E-state index contributed by atoms with van der Waals surface area (Å²) >= 11 is 0. The first-order valence-electron chi connectivity index (χ1n) is 11.0. The van der Waals surface area contributed by atoms with Crippen LogP contribution in [0.4, 0.5) is 11.5 Å². The fraction of sp³-hybridized carbons (Fsp3) is 0.320. The molecule has 32 heavy (non-hydrogen) atoms. The molecule has 1 fully saturated rings. The predicted molar refractivity (Wildman–Crippen MR) is 125 cm³/mol. The van der Waals surface area contributed by atoms with E-state index in [0.29, 0.717) is 24.7 Å². The number of hydrogen-bond donors (Lipinski definition) is 1. The summed E-state index contributed by atoms with van der Waals surface area (Å²) in [5, 5.41) is 11.7. The second-order valence-electron chi connectivity index (χ2n) is 7.70. The minimum absolute atomic E-state index is 0.213. The van der Waals surface area contributed by atoms with Crippen LogP contribution < -0.4 is 15.0 Å². The van der Waals surface area contributed by atoms with Crippen molar-refractivity contribution in [3.63, 3.8) is 0 Å². The molecule has 3 aromatic rings. The number of aromatic nitrogens is 2. The first-order chi connectivity index (χ1) is 15.6. The fourth-order valence-corrected chi connectivity index (χ4v) is 3.50. The number of carbonyl (C=O) groups is 1. The number of hydrogen-bond acceptors (Lipinski definition) is 6. The third-order valence-corrected chi connectivity index (χ3v) is 5.43. The molecule has 1 N–H and O–H groups in total. The Labute approximate surface area is 188 Å². The standard InChI is InChI=1S/C25H28N4O3/c1-3-19-7-9-22(10-8-19)32-18(2)25(30)26-21-6-4-5-20(17-21)23-11-12-24(28-27-23)29-13-15-31-16-14-29/h4-12,17-18H,3,13-16H2,1-2H3,(H,26,30). The summed E-state index contributed by atoms with van der Waals surface area (Å²) in [5.74, 6) is 1.31. The molecule has 7 heteroatoms. The monoisotopic (exact) mass is 432 g/mol. The number of rotatable bonds is 7. The lowest BCUT2D eigenvalue weighted by atomic mass is 10.1. The van der Waals surface area contributed by atoms with E-state index in [2.05, 4.69) is 27.3 Å². The Bertz CT molecular complexity index is 1030. The normalized spacial score (nSPS) is 14.6. The van der Waals surface area contributed by atoms with Crippen LogP contribution in [0.5, 0.6) is 5.75 Å². The van der Waals surface area contributed by atoms with Crippen LogP contribution >= 0.6 is 0 Å². The average molecular weight is 433 g/mol. The van der Waals surface area contributed by atoms with Gasteiger partial charge in [0.2, 0.25) is 0 Å². The maximum Gasteiger partial charge on any atom is 0.265 e. The number of morpholine rings is 1. The Kier molecular flexibility index (Phi) is 6.97. The van der Waals surface area contributed by atoms with E-state index >= 15 is 0 Å². The van der Waals surface area contributed by atoms with E-state index in [-0.39, 0.29) is 5.91 Å². The highest BCUT2D eigenvalue weighted by atomic mass is 16.5. The van der Waals surface area contributed by atoms with Crippen LogP contribution in [0.25, 0.3) is 11.3 Å². The molecule has 4 rings (SSSR count). The Morgan fingerprint density at radius 1 is 1.09 bits per heavy atom.